The third-order valence-corrected chi connectivity index (χ3v) is 6.21. The first-order valence-electron chi connectivity index (χ1n) is 8.59. The van der Waals surface area contributed by atoms with Gasteiger partial charge in [0.15, 0.2) is 0 Å². The van der Waals surface area contributed by atoms with Gasteiger partial charge in [-0.15, -0.1) is 11.3 Å². The summed E-state index contributed by atoms with van der Waals surface area (Å²) in [5, 5.41) is 7.63. The van der Waals surface area contributed by atoms with Crippen molar-refractivity contribution < 1.29 is 0 Å². The Morgan fingerprint density at radius 3 is 2.48 bits per heavy atom. The number of hydrogen-bond donors (Lipinski definition) is 1. The fraction of sp³-hybridized carbons (Fsp3) is 0.333. The second-order valence-corrected chi connectivity index (χ2v) is 7.63. The summed E-state index contributed by atoms with van der Waals surface area (Å²) in [6, 6.07) is 19.6. The first kappa shape index (κ1) is 14.9. The molecule has 23 heavy (non-hydrogen) atoms. The van der Waals surface area contributed by atoms with Crippen LogP contribution in [0.1, 0.15) is 36.8 Å². The van der Waals surface area contributed by atoms with Gasteiger partial charge in [-0.1, -0.05) is 61.4 Å². The normalized spacial score (nSPS) is 16.9. The smallest absolute Gasteiger partial charge is 0.0345 e. The Morgan fingerprint density at radius 2 is 1.65 bits per heavy atom. The zero-order chi connectivity index (χ0) is 15.5. The topological polar surface area (TPSA) is 12.0 Å². The molecule has 1 aliphatic carbocycles. The Balaban J connectivity index is 1.57. The van der Waals surface area contributed by atoms with E-state index in [1.807, 2.05) is 11.3 Å². The minimum atomic E-state index is 0.328. The second-order valence-electron chi connectivity index (χ2n) is 6.72. The monoisotopic (exact) mass is 321 g/mol. The molecule has 1 N–H and O–H groups in total. The molecule has 4 rings (SSSR count). The molecule has 0 bridgehead atoms. The van der Waals surface area contributed by atoms with Crippen molar-refractivity contribution in [3.8, 4) is 0 Å². The molecule has 1 nitrogen and oxygen atoms in total. The average molecular weight is 321 g/mol. The lowest BCUT2D eigenvalue weighted by atomic mass is 9.78. The Hall–Kier alpha value is -1.64. The molecule has 0 atom stereocenters. The van der Waals surface area contributed by atoms with E-state index in [0.717, 1.165) is 13.1 Å². The molecule has 3 aromatic rings. The standard InChI is InChI=1S/C21H23NS/c1-2-8-17(9-3-1)14-22-16-21(12-6-7-13-21)19-15-23-20-11-5-4-10-18(19)20/h1-5,8-11,15,22H,6-7,12-14,16H2. The molecule has 0 aliphatic heterocycles. The number of benzene rings is 2. The molecular formula is C21H23NS. The van der Waals surface area contributed by atoms with Crippen LogP contribution in [0.15, 0.2) is 60.0 Å². The Kier molecular flexibility index (Phi) is 4.19. The first-order valence-corrected chi connectivity index (χ1v) is 9.47. The maximum Gasteiger partial charge on any atom is 0.0345 e. The van der Waals surface area contributed by atoms with E-state index in [2.05, 4.69) is 65.3 Å². The van der Waals surface area contributed by atoms with E-state index in [-0.39, 0.29) is 0 Å². The maximum absolute atomic E-state index is 3.74. The quantitative estimate of drug-likeness (QED) is 0.654. The SMILES string of the molecule is c1ccc(CNCC2(c3csc4ccccc34)CCCC2)cc1. The molecule has 0 saturated heterocycles. The molecule has 1 fully saturated rings. The highest BCUT2D eigenvalue weighted by molar-refractivity contribution is 7.17. The Bertz CT molecular complexity index is 769. The van der Waals surface area contributed by atoms with Crippen LogP contribution < -0.4 is 5.32 Å². The van der Waals surface area contributed by atoms with E-state index in [4.69, 9.17) is 0 Å². The summed E-state index contributed by atoms with van der Waals surface area (Å²) in [5.41, 5.74) is 3.28. The van der Waals surface area contributed by atoms with Gasteiger partial charge < -0.3 is 5.32 Å². The predicted molar refractivity (Wildman–Crippen MR) is 100 cm³/mol. The lowest BCUT2D eigenvalue weighted by Crippen LogP contribution is -2.35. The number of fused-ring (bicyclic) bond motifs is 1. The van der Waals surface area contributed by atoms with Gasteiger partial charge in [-0.05, 0) is 40.8 Å². The van der Waals surface area contributed by atoms with Crippen molar-refractivity contribution >= 4 is 21.4 Å². The summed E-state index contributed by atoms with van der Waals surface area (Å²) in [6.45, 7) is 2.05. The highest BCUT2D eigenvalue weighted by Crippen LogP contribution is 2.45. The minimum Gasteiger partial charge on any atom is -0.312 e. The van der Waals surface area contributed by atoms with Gasteiger partial charge in [-0.25, -0.2) is 0 Å². The summed E-state index contributed by atoms with van der Waals surface area (Å²) >= 11 is 1.90. The number of thiophene rings is 1. The molecular weight excluding hydrogens is 298 g/mol. The largest absolute Gasteiger partial charge is 0.312 e. The summed E-state index contributed by atoms with van der Waals surface area (Å²) in [7, 11) is 0. The van der Waals surface area contributed by atoms with Crippen molar-refractivity contribution in [1.29, 1.82) is 0 Å². The fourth-order valence-electron chi connectivity index (χ4n) is 4.02. The summed E-state index contributed by atoms with van der Waals surface area (Å²) < 4.78 is 1.43. The molecule has 0 amide bonds. The third kappa shape index (κ3) is 2.93. The molecule has 2 heteroatoms. The van der Waals surface area contributed by atoms with Crippen molar-refractivity contribution in [2.24, 2.45) is 0 Å². The fourth-order valence-corrected chi connectivity index (χ4v) is 5.11. The van der Waals surface area contributed by atoms with E-state index < -0.39 is 0 Å². The van der Waals surface area contributed by atoms with Crippen molar-refractivity contribution in [3.05, 3.63) is 71.1 Å². The summed E-state index contributed by atoms with van der Waals surface area (Å²) in [6.07, 6.45) is 5.35. The molecule has 1 aliphatic rings. The van der Waals surface area contributed by atoms with Gasteiger partial charge in [-0.3, -0.25) is 0 Å². The average Bonchev–Trinajstić information content (AvgIpc) is 3.23. The molecule has 0 spiro atoms. The van der Waals surface area contributed by atoms with Crippen LogP contribution in [-0.4, -0.2) is 6.54 Å². The van der Waals surface area contributed by atoms with Gasteiger partial charge in [0, 0.05) is 23.2 Å². The van der Waals surface area contributed by atoms with Crippen LogP contribution >= 0.6 is 11.3 Å². The van der Waals surface area contributed by atoms with Crippen molar-refractivity contribution in [2.45, 2.75) is 37.6 Å². The van der Waals surface area contributed by atoms with Crippen LogP contribution in [0, 0.1) is 0 Å². The molecule has 2 aromatic carbocycles. The maximum atomic E-state index is 3.74. The van der Waals surface area contributed by atoms with Crippen molar-refractivity contribution in [1.82, 2.24) is 5.32 Å². The van der Waals surface area contributed by atoms with Crippen LogP contribution in [-0.2, 0) is 12.0 Å². The van der Waals surface area contributed by atoms with E-state index in [9.17, 15) is 0 Å². The van der Waals surface area contributed by atoms with Crippen LogP contribution in [0.2, 0.25) is 0 Å². The number of hydrogen-bond acceptors (Lipinski definition) is 2. The van der Waals surface area contributed by atoms with Crippen LogP contribution in [0.25, 0.3) is 10.1 Å². The highest BCUT2D eigenvalue weighted by atomic mass is 32.1. The predicted octanol–water partition coefficient (Wildman–Crippen LogP) is 5.50. The van der Waals surface area contributed by atoms with Gasteiger partial charge in [0.25, 0.3) is 0 Å². The van der Waals surface area contributed by atoms with E-state index in [1.54, 1.807) is 5.56 Å². The number of nitrogens with one attached hydrogen (secondary N) is 1. The number of rotatable bonds is 5. The first-order chi connectivity index (χ1) is 11.4. The highest BCUT2D eigenvalue weighted by Gasteiger charge is 2.36. The second kappa shape index (κ2) is 6.46. The lowest BCUT2D eigenvalue weighted by molar-refractivity contribution is 0.408. The molecule has 1 heterocycles. The summed E-state index contributed by atoms with van der Waals surface area (Å²) in [4.78, 5) is 0. The van der Waals surface area contributed by atoms with Gasteiger partial charge in [0.2, 0.25) is 0 Å². The van der Waals surface area contributed by atoms with Gasteiger partial charge in [0.05, 0.1) is 0 Å². The lowest BCUT2D eigenvalue weighted by Gasteiger charge is -2.29. The molecule has 1 saturated carbocycles. The van der Waals surface area contributed by atoms with Gasteiger partial charge in [0.1, 0.15) is 0 Å². The third-order valence-electron chi connectivity index (χ3n) is 5.25. The minimum absolute atomic E-state index is 0.328. The van der Waals surface area contributed by atoms with Gasteiger partial charge in [-0.2, -0.15) is 0 Å². The zero-order valence-electron chi connectivity index (χ0n) is 13.4. The molecule has 118 valence electrons. The van der Waals surface area contributed by atoms with Crippen molar-refractivity contribution in [2.75, 3.05) is 6.54 Å². The van der Waals surface area contributed by atoms with Gasteiger partial charge >= 0.3 is 0 Å². The summed E-state index contributed by atoms with van der Waals surface area (Å²) in [5.74, 6) is 0. The van der Waals surface area contributed by atoms with Crippen LogP contribution in [0.3, 0.4) is 0 Å². The van der Waals surface area contributed by atoms with E-state index >= 15 is 0 Å². The van der Waals surface area contributed by atoms with E-state index in [0.29, 0.717) is 5.41 Å². The molecule has 0 radical (unpaired) electrons. The van der Waals surface area contributed by atoms with Crippen LogP contribution in [0.5, 0.6) is 0 Å². The van der Waals surface area contributed by atoms with Crippen molar-refractivity contribution in [3.63, 3.8) is 0 Å². The van der Waals surface area contributed by atoms with E-state index in [1.165, 1.54) is 41.3 Å². The Labute approximate surface area is 142 Å². The molecule has 1 aromatic heterocycles. The van der Waals surface area contributed by atoms with Crippen LogP contribution in [0.4, 0.5) is 0 Å². The molecule has 0 unspecified atom stereocenters. The Morgan fingerprint density at radius 1 is 0.913 bits per heavy atom. The zero-order valence-corrected chi connectivity index (χ0v) is 14.2.